The molecule has 1 aromatic heterocycles. The van der Waals surface area contributed by atoms with E-state index in [4.69, 9.17) is 0 Å². The van der Waals surface area contributed by atoms with Crippen molar-refractivity contribution >= 4 is 11.3 Å². The predicted molar refractivity (Wildman–Crippen MR) is 126 cm³/mol. The highest BCUT2D eigenvalue weighted by atomic mass is 32.1. The number of nitrogens with zero attached hydrogens (tertiary/aromatic N) is 1. The summed E-state index contributed by atoms with van der Waals surface area (Å²) in [6, 6.07) is 24.8. The quantitative estimate of drug-likeness (QED) is 0.325. The Kier molecular flexibility index (Phi) is 5.92. The van der Waals surface area contributed by atoms with E-state index in [2.05, 4.69) is 97.9 Å². The van der Waals surface area contributed by atoms with Crippen LogP contribution < -0.4 is 0 Å². The zero-order valence-corrected chi connectivity index (χ0v) is 18.2. The molecule has 0 radical (unpaired) electrons. The highest BCUT2D eigenvalue weighted by Gasteiger charge is 2.05. The Labute approximate surface area is 178 Å². The zero-order valence-electron chi connectivity index (χ0n) is 17.4. The number of hydrogen-bond acceptors (Lipinski definition) is 2. The first kappa shape index (κ1) is 19.6. The Balaban J connectivity index is 1.48. The van der Waals surface area contributed by atoms with Crippen molar-refractivity contribution in [2.45, 2.75) is 39.5 Å². The molecule has 0 fully saturated rings. The van der Waals surface area contributed by atoms with Crippen molar-refractivity contribution < 1.29 is 0 Å². The summed E-state index contributed by atoms with van der Waals surface area (Å²) in [6.07, 6.45) is 2.10. The van der Waals surface area contributed by atoms with Gasteiger partial charge in [-0.2, -0.15) is 0 Å². The molecule has 3 aromatic carbocycles. The third-order valence-electron chi connectivity index (χ3n) is 5.43. The second kappa shape index (κ2) is 8.75. The minimum absolute atomic E-state index is 0.569. The Morgan fingerprint density at radius 3 is 2.10 bits per heavy atom. The second-order valence-electron chi connectivity index (χ2n) is 8.05. The van der Waals surface area contributed by atoms with Gasteiger partial charge in [-0.15, -0.1) is 11.3 Å². The van der Waals surface area contributed by atoms with E-state index in [-0.39, 0.29) is 0 Å². The van der Waals surface area contributed by atoms with E-state index < -0.39 is 0 Å². The summed E-state index contributed by atoms with van der Waals surface area (Å²) in [5.41, 5.74) is 12.2. The van der Waals surface area contributed by atoms with Crippen LogP contribution >= 0.6 is 11.3 Å². The number of hydrogen-bond donors (Lipinski definition) is 0. The van der Waals surface area contributed by atoms with Gasteiger partial charge in [0.15, 0.2) is 0 Å². The van der Waals surface area contributed by atoms with Gasteiger partial charge in [0.25, 0.3) is 0 Å². The first-order chi connectivity index (χ1) is 14.1. The summed E-state index contributed by atoms with van der Waals surface area (Å²) in [5, 5.41) is 2.09. The molecule has 0 bridgehead atoms. The molecular formula is C27H27NS. The molecule has 29 heavy (non-hydrogen) atoms. The molecule has 0 aliphatic rings. The fourth-order valence-corrected chi connectivity index (χ4v) is 4.28. The van der Waals surface area contributed by atoms with Gasteiger partial charge in [-0.1, -0.05) is 86.1 Å². The predicted octanol–water partition coefficient (Wildman–Crippen LogP) is 7.69. The Bertz CT molecular complexity index is 1060. The van der Waals surface area contributed by atoms with Gasteiger partial charge >= 0.3 is 0 Å². The normalized spacial score (nSPS) is 11.2. The van der Waals surface area contributed by atoms with E-state index in [1.54, 1.807) is 11.3 Å². The second-order valence-corrected chi connectivity index (χ2v) is 8.77. The Hall–Kier alpha value is -2.71. The maximum Gasteiger partial charge on any atom is 0.0811 e. The van der Waals surface area contributed by atoms with E-state index >= 15 is 0 Å². The molecule has 0 aliphatic heterocycles. The summed E-state index contributed by atoms with van der Waals surface area (Å²) in [6.45, 7) is 6.67. The number of benzene rings is 3. The SMILES string of the molecule is Cc1cc(CCc2ccc(-c3cscn3)cc2)cc(-c2ccc(C(C)C)cc2)c1. The molecule has 0 amide bonds. The molecule has 0 aliphatic carbocycles. The van der Waals surface area contributed by atoms with Crippen LogP contribution in [0, 0.1) is 6.92 Å². The molecule has 0 saturated carbocycles. The summed E-state index contributed by atoms with van der Waals surface area (Å²) < 4.78 is 0. The van der Waals surface area contributed by atoms with Crippen molar-refractivity contribution in [2.24, 2.45) is 0 Å². The van der Waals surface area contributed by atoms with E-state index in [0.717, 1.165) is 18.5 Å². The molecule has 0 spiro atoms. The van der Waals surface area contributed by atoms with E-state index in [1.807, 2.05) is 5.51 Å². The van der Waals surface area contributed by atoms with Gasteiger partial charge in [-0.05, 0) is 53.5 Å². The van der Waals surface area contributed by atoms with Crippen LogP contribution in [0.5, 0.6) is 0 Å². The van der Waals surface area contributed by atoms with Crippen molar-refractivity contribution in [1.29, 1.82) is 0 Å². The van der Waals surface area contributed by atoms with Gasteiger partial charge in [0.05, 0.1) is 11.2 Å². The summed E-state index contributed by atoms with van der Waals surface area (Å²) in [5.74, 6) is 0.569. The molecule has 146 valence electrons. The molecule has 0 N–H and O–H groups in total. The topological polar surface area (TPSA) is 12.9 Å². The third kappa shape index (κ3) is 4.83. The lowest BCUT2D eigenvalue weighted by atomic mass is 9.95. The van der Waals surface area contributed by atoms with Crippen molar-refractivity contribution in [3.8, 4) is 22.4 Å². The smallest absolute Gasteiger partial charge is 0.0811 e. The van der Waals surface area contributed by atoms with Gasteiger partial charge in [-0.3, -0.25) is 0 Å². The average Bonchev–Trinajstić information content (AvgIpc) is 3.27. The van der Waals surface area contributed by atoms with Gasteiger partial charge in [0, 0.05) is 10.9 Å². The van der Waals surface area contributed by atoms with Gasteiger partial charge in [0.2, 0.25) is 0 Å². The van der Waals surface area contributed by atoms with Crippen LogP contribution in [0.25, 0.3) is 22.4 Å². The van der Waals surface area contributed by atoms with Crippen LogP contribution in [0.2, 0.25) is 0 Å². The molecule has 4 rings (SSSR count). The molecular weight excluding hydrogens is 370 g/mol. The number of thiazole rings is 1. The first-order valence-corrected chi connectivity index (χ1v) is 11.2. The monoisotopic (exact) mass is 397 g/mol. The lowest BCUT2D eigenvalue weighted by Crippen LogP contribution is -1.94. The minimum atomic E-state index is 0.569. The lowest BCUT2D eigenvalue weighted by Gasteiger charge is -2.10. The fourth-order valence-electron chi connectivity index (χ4n) is 3.72. The molecule has 2 heteroatoms. The Morgan fingerprint density at radius 2 is 1.45 bits per heavy atom. The zero-order chi connectivity index (χ0) is 20.2. The summed E-state index contributed by atoms with van der Waals surface area (Å²) in [4.78, 5) is 4.39. The van der Waals surface area contributed by atoms with Gasteiger partial charge in [0.1, 0.15) is 0 Å². The summed E-state index contributed by atoms with van der Waals surface area (Å²) in [7, 11) is 0. The lowest BCUT2D eigenvalue weighted by molar-refractivity contribution is 0.867. The fraction of sp³-hybridized carbons (Fsp3) is 0.222. The molecule has 4 aromatic rings. The molecule has 1 nitrogen and oxygen atoms in total. The van der Waals surface area contributed by atoms with Crippen LogP contribution in [0.15, 0.2) is 77.6 Å². The third-order valence-corrected chi connectivity index (χ3v) is 6.02. The van der Waals surface area contributed by atoms with Crippen LogP contribution in [0.4, 0.5) is 0 Å². The van der Waals surface area contributed by atoms with Crippen molar-refractivity contribution in [3.05, 3.63) is 99.9 Å². The van der Waals surface area contributed by atoms with E-state index in [1.165, 1.54) is 38.9 Å². The van der Waals surface area contributed by atoms with Crippen molar-refractivity contribution in [3.63, 3.8) is 0 Å². The van der Waals surface area contributed by atoms with Crippen molar-refractivity contribution in [1.82, 2.24) is 4.98 Å². The minimum Gasteiger partial charge on any atom is -0.245 e. The molecule has 0 saturated heterocycles. The average molecular weight is 398 g/mol. The standard InChI is InChI=1S/C27H27NS/c1-19(2)23-10-12-24(13-11-23)26-15-20(3)14-22(16-26)5-4-21-6-8-25(9-7-21)27-17-29-18-28-27/h6-19H,4-5H2,1-3H3. The highest BCUT2D eigenvalue weighted by Crippen LogP contribution is 2.26. The largest absolute Gasteiger partial charge is 0.245 e. The molecule has 1 heterocycles. The molecule has 0 atom stereocenters. The van der Waals surface area contributed by atoms with Crippen molar-refractivity contribution in [2.75, 3.05) is 0 Å². The number of aromatic nitrogens is 1. The van der Waals surface area contributed by atoms with E-state index in [0.29, 0.717) is 5.92 Å². The van der Waals surface area contributed by atoms with Crippen LogP contribution in [-0.4, -0.2) is 4.98 Å². The maximum atomic E-state index is 4.39. The number of rotatable bonds is 6. The van der Waals surface area contributed by atoms with Crippen LogP contribution in [0.3, 0.4) is 0 Å². The first-order valence-electron chi connectivity index (χ1n) is 10.3. The summed E-state index contributed by atoms with van der Waals surface area (Å²) >= 11 is 1.64. The molecule has 0 unspecified atom stereocenters. The van der Waals surface area contributed by atoms with E-state index in [9.17, 15) is 0 Å². The maximum absolute atomic E-state index is 4.39. The van der Waals surface area contributed by atoms with Gasteiger partial charge in [-0.25, -0.2) is 4.98 Å². The van der Waals surface area contributed by atoms with Crippen LogP contribution in [-0.2, 0) is 12.8 Å². The van der Waals surface area contributed by atoms with Crippen LogP contribution in [0.1, 0.15) is 42.0 Å². The Morgan fingerprint density at radius 1 is 0.759 bits per heavy atom. The highest BCUT2D eigenvalue weighted by molar-refractivity contribution is 7.07. The van der Waals surface area contributed by atoms with Gasteiger partial charge < -0.3 is 0 Å². The number of aryl methyl sites for hydroxylation is 3.